The first-order valence-corrected chi connectivity index (χ1v) is 3.81. The molecular weight excluding hydrogens is 136 g/mol. The molecule has 11 heavy (non-hydrogen) atoms. The number of nitrogens with zero attached hydrogens (tertiary/aromatic N) is 1. The third-order valence-corrected chi connectivity index (χ3v) is 1.64. The third-order valence-electron chi connectivity index (χ3n) is 1.64. The fourth-order valence-corrected chi connectivity index (χ4v) is 0.392. The molecule has 0 saturated carbocycles. The molecule has 0 aliphatic carbocycles. The second-order valence-electron chi connectivity index (χ2n) is 3.83. The highest BCUT2D eigenvalue weighted by atomic mass is 14.8. The van der Waals surface area contributed by atoms with E-state index in [-0.39, 0.29) is 5.41 Å². The summed E-state index contributed by atoms with van der Waals surface area (Å²) in [6.45, 7) is 10.3. The van der Waals surface area contributed by atoms with E-state index in [0.29, 0.717) is 5.84 Å². The number of aliphatic imine (C=N–C) groups is 1. The summed E-state index contributed by atoms with van der Waals surface area (Å²) in [5, 5.41) is 0. The molecule has 0 rings (SSSR count). The van der Waals surface area contributed by atoms with Crippen molar-refractivity contribution in [2.45, 2.75) is 34.6 Å². The fourth-order valence-electron chi connectivity index (χ4n) is 0.392. The van der Waals surface area contributed by atoms with Gasteiger partial charge in [0, 0.05) is 6.20 Å². The molecule has 0 aromatic carbocycles. The topological polar surface area (TPSA) is 38.4 Å². The van der Waals surface area contributed by atoms with Crippen LogP contribution in [0.5, 0.6) is 0 Å². The second kappa shape index (κ2) is 3.56. The van der Waals surface area contributed by atoms with Gasteiger partial charge in [-0.3, -0.25) is 0 Å². The quantitative estimate of drug-likeness (QED) is 0.457. The van der Waals surface area contributed by atoms with E-state index in [0.717, 1.165) is 0 Å². The van der Waals surface area contributed by atoms with Crippen LogP contribution in [0.4, 0.5) is 0 Å². The van der Waals surface area contributed by atoms with Gasteiger partial charge in [0.25, 0.3) is 0 Å². The van der Waals surface area contributed by atoms with Crippen molar-refractivity contribution in [3.05, 3.63) is 11.8 Å². The van der Waals surface area contributed by atoms with Crippen molar-refractivity contribution in [3.8, 4) is 0 Å². The first-order valence-electron chi connectivity index (χ1n) is 3.81. The molecule has 0 atom stereocenters. The SMILES string of the molecule is CC(N)=N/C=C(\C)C(C)(C)C. The summed E-state index contributed by atoms with van der Waals surface area (Å²) in [5.41, 5.74) is 6.82. The summed E-state index contributed by atoms with van der Waals surface area (Å²) in [7, 11) is 0. The normalized spacial score (nSPS) is 15.4. The van der Waals surface area contributed by atoms with E-state index in [9.17, 15) is 0 Å². The van der Waals surface area contributed by atoms with E-state index < -0.39 is 0 Å². The lowest BCUT2D eigenvalue weighted by atomic mass is 9.88. The largest absolute Gasteiger partial charge is 0.387 e. The Bertz CT molecular complexity index is 178. The molecule has 0 heterocycles. The predicted molar refractivity (Wildman–Crippen MR) is 50.5 cm³/mol. The van der Waals surface area contributed by atoms with Gasteiger partial charge in [-0.2, -0.15) is 0 Å². The van der Waals surface area contributed by atoms with Gasteiger partial charge in [-0.1, -0.05) is 20.8 Å². The number of nitrogens with two attached hydrogens (primary N) is 1. The standard InChI is InChI=1S/C9H18N2/c1-7(9(3,4)5)6-11-8(2)10/h6H,1-5H3,(H2,10,11)/b7-6+. The predicted octanol–water partition coefficient (Wildman–Crippen LogP) is 2.31. The van der Waals surface area contributed by atoms with Gasteiger partial charge >= 0.3 is 0 Å². The maximum Gasteiger partial charge on any atom is 0.0957 e. The van der Waals surface area contributed by atoms with Crippen LogP contribution >= 0.6 is 0 Å². The number of rotatable bonds is 1. The summed E-state index contributed by atoms with van der Waals surface area (Å²) in [6.07, 6.45) is 1.83. The Morgan fingerprint density at radius 1 is 1.27 bits per heavy atom. The summed E-state index contributed by atoms with van der Waals surface area (Å²) in [4.78, 5) is 4.02. The Morgan fingerprint density at radius 3 is 2.00 bits per heavy atom. The van der Waals surface area contributed by atoms with Crippen LogP contribution in [-0.2, 0) is 0 Å². The van der Waals surface area contributed by atoms with Gasteiger partial charge < -0.3 is 5.73 Å². The Balaban J connectivity index is 4.36. The van der Waals surface area contributed by atoms with Crippen LogP contribution in [-0.4, -0.2) is 5.84 Å². The molecule has 0 amide bonds. The molecule has 0 bridgehead atoms. The van der Waals surface area contributed by atoms with E-state index in [1.54, 1.807) is 6.92 Å². The van der Waals surface area contributed by atoms with Crippen molar-refractivity contribution in [2.75, 3.05) is 0 Å². The van der Waals surface area contributed by atoms with Crippen molar-refractivity contribution in [1.29, 1.82) is 0 Å². The molecule has 0 aliphatic heterocycles. The lowest BCUT2D eigenvalue weighted by Crippen LogP contribution is -2.07. The molecule has 2 N–H and O–H groups in total. The van der Waals surface area contributed by atoms with Gasteiger partial charge in [-0.15, -0.1) is 0 Å². The number of hydrogen-bond acceptors (Lipinski definition) is 1. The first kappa shape index (κ1) is 10.2. The molecule has 0 fully saturated rings. The van der Waals surface area contributed by atoms with Gasteiger partial charge in [0.15, 0.2) is 0 Å². The molecule has 2 heteroatoms. The smallest absolute Gasteiger partial charge is 0.0957 e. The molecule has 0 spiro atoms. The molecule has 2 nitrogen and oxygen atoms in total. The highest BCUT2D eigenvalue weighted by Crippen LogP contribution is 2.23. The molecule has 64 valence electrons. The van der Waals surface area contributed by atoms with Crippen molar-refractivity contribution >= 4 is 5.84 Å². The Morgan fingerprint density at radius 2 is 1.73 bits per heavy atom. The zero-order chi connectivity index (χ0) is 9.07. The second-order valence-corrected chi connectivity index (χ2v) is 3.83. The van der Waals surface area contributed by atoms with Crippen LogP contribution in [0.25, 0.3) is 0 Å². The average molecular weight is 154 g/mol. The summed E-state index contributed by atoms with van der Waals surface area (Å²) >= 11 is 0. The zero-order valence-corrected chi connectivity index (χ0v) is 8.10. The van der Waals surface area contributed by atoms with Crippen LogP contribution < -0.4 is 5.73 Å². The molecular formula is C9H18N2. The lowest BCUT2D eigenvalue weighted by Gasteiger charge is -2.18. The molecule has 0 aliphatic rings. The Kier molecular flexibility index (Phi) is 3.30. The van der Waals surface area contributed by atoms with Gasteiger partial charge in [-0.05, 0) is 24.8 Å². The third kappa shape index (κ3) is 4.59. The number of hydrogen-bond donors (Lipinski definition) is 1. The Labute approximate surface area is 69.2 Å². The number of allylic oxidation sites excluding steroid dienone is 1. The van der Waals surface area contributed by atoms with Gasteiger partial charge in [0.1, 0.15) is 0 Å². The molecule has 0 aromatic heterocycles. The lowest BCUT2D eigenvalue weighted by molar-refractivity contribution is 0.502. The summed E-state index contributed by atoms with van der Waals surface area (Å²) < 4.78 is 0. The summed E-state index contributed by atoms with van der Waals surface area (Å²) in [5.74, 6) is 0.605. The van der Waals surface area contributed by atoms with E-state index in [2.05, 4.69) is 32.7 Å². The molecule has 0 saturated heterocycles. The zero-order valence-electron chi connectivity index (χ0n) is 8.10. The molecule has 0 unspecified atom stereocenters. The van der Waals surface area contributed by atoms with Crippen LogP contribution in [0.3, 0.4) is 0 Å². The average Bonchev–Trinajstić information content (AvgIpc) is 1.80. The van der Waals surface area contributed by atoms with E-state index >= 15 is 0 Å². The maximum atomic E-state index is 5.39. The van der Waals surface area contributed by atoms with Crippen molar-refractivity contribution in [2.24, 2.45) is 16.1 Å². The van der Waals surface area contributed by atoms with Gasteiger partial charge in [-0.25, -0.2) is 4.99 Å². The molecule has 0 radical (unpaired) electrons. The summed E-state index contributed by atoms with van der Waals surface area (Å²) in [6, 6.07) is 0. The first-order chi connectivity index (χ1) is 4.84. The monoisotopic (exact) mass is 154 g/mol. The van der Waals surface area contributed by atoms with E-state index in [1.165, 1.54) is 5.57 Å². The maximum absolute atomic E-state index is 5.39. The highest BCUT2D eigenvalue weighted by molar-refractivity contribution is 5.78. The van der Waals surface area contributed by atoms with Gasteiger partial charge in [0.05, 0.1) is 5.84 Å². The fraction of sp³-hybridized carbons (Fsp3) is 0.667. The van der Waals surface area contributed by atoms with Crippen molar-refractivity contribution in [3.63, 3.8) is 0 Å². The van der Waals surface area contributed by atoms with E-state index in [1.807, 2.05) is 6.20 Å². The van der Waals surface area contributed by atoms with Crippen LogP contribution in [0, 0.1) is 5.41 Å². The minimum absolute atomic E-state index is 0.193. The van der Waals surface area contributed by atoms with Crippen LogP contribution in [0.2, 0.25) is 0 Å². The van der Waals surface area contributed by atoms with E-state index in [4.69, 9.17) is 5.73 Å². The minimum atomic E-state index is 0.193. The van der Waals surface area contributed by atoms with Gasteiger partial charge in [0.2, 0.25) is 0 Å². The minimum Gasteiger partial charge on any atom is -0.387 e. The van der Waals surface area contributed by atoms with Crippen LogP contribution in [0.1, 0.15) is 34.6 Å². The molecule has 0 aromatic rings. The van der Waals surface area contributed by atoms with Crippen molar-refractivity contribution < 1.29 is 0 Å². The number of amidine groups is 1. The Hall–Kier alpha value is -0.790. The van der Waals surface area contributed by atoms with Crippen molar-refractivity contribution in [1.82, 2.24) is 0 Å². The highest BCUT2D eigenvalue weighted by Gasteiger charge is 2.11. The van der Waals surface area contributed by atoms with Crippen LogP contribution in [0.15, 0.2) is 16.8 Å².